The minimum Gasteiger partial charge on any atom is -0.484 e. The van der Waals surface area contributed by atoms with Crippen molar-refractivity contribution in [2.75, 3.05) is 57.2 Å². The van der Waals surface area contributed by atoms with Gasteiger partial charge in [-0.25, -0.2) is 0 Å². The van der Waals surface area contributed by atoms with Gasteiger partial charge in [0.05, 0.1) is 23.1 Å². The summed E-state index contributed by atoms with van der Waals surface area (Å²) in [6.07, 6.45) is 0. The van der Waals surface area contributed by atoms with Crippen molar-refractivity contribution in [1.82, 2.24) is 4.90 Å². The Labute approximate surface area is 197 Å². The zero-order valence-electron chi connectivity index (χ0n) is 18.7. The summed E-state index contributed by atoms with van der Waals surface area (Å²) in [4.78, 5) is 29.1. The Hall–Kier alpha value is -3.36. The van der Waals surface area contributed by atoms with Gasteiger partial charge in [-0.3, -0.25) is 9.59 Å². The van der Waals surface area contributed by atoms with Crippen LogP contribution in [0.4, 0.5) is 10.7 Å². The molecule has 8 heteroatoms. The smallest absolute Gasteiger partial charge is 0.265 e. The quantitative estimate of drug-likeness (QED) is 0.572. The predicted octanol–water partition coefficient (Wildman–Crippen LogP) is 3.97. The molecule has 3 aromatic rings. The summed E-state index contributed by atoms with van der Waals surface area (Å²) in [6.45, 7) is 2.95. The van der Waals surface area contributed by atoms with E-state index in [0.717, 1.165) is 29.2 Å². The highest BCUT2D eigenvalue weighted by Gasteiger charge is 2.22. The van der Waals surface area contributed by atoms with Crippen LogP contribution >= 0.6 is 11.3 Å². The molecule has 1 saturated heterocycles. The maximum atomic E-state index is 13.0. The number of amides is 2. The maximum absolute atomic E-state index is 13.0. The van der Waals surface area contributed by atoms with E-state index in [-0.39, 0.29) is 18.4 Å². The van der Waals surface area contributed by atoms with E-state index in [4.69, 9.17) is 9.47 Å². The highest BCUT2D eigenvalue weighted by Crippen LogP contribution is 2.39. The molecule has 172 valence electrons. The zero-order valence-corrected chi connectivity index (χ0v) is 19.6. The van der Waals surface area contributed by atoms with Crippen molar-refractivity contribution in [1.29, 1.82) is 0 Å². The fourth-order valence-electron chi connectivity index (χ4n) is 3.42. The van der Waals surface area contributed by atoms with Crippen LogP contribution in [-0.2, 0) is 9.53 Å². The van der Waals surface area contributed by atoms with Gasteiger partial charge in [0.25, 0.3) is 11.8 Å². The molecule has 4 rings (SSSR count). The lowest BCUT2D eigenvalue weighted by Crippen LogP contribution is -2.35. The summed E-state index contributed by atoms with van der Waals surface area (Å²) in [5.74, 6) is 0.295. The maximum Gasteiger partial charge on any atom is 0.265 e. The average Bonchev–Trinajstić information content (AvgIpc) is 3.30. The predicted molar refractivity (Wildman–Crippen MR) is 131 cm³/mol. The first-order valence-corrected chi connectivity index (χ1v) is 11.6. The van der Waals surface area contributed by atoms with Gasteiger partial charge in [-0.2, -0.15) is 0 Å². The molecule has 0 saturated carbocycles. The highest BCUT2D eigenvalue weighted by molar-refractivity contribution is 7.18. The first-order valence-electron chi connectivity index (χ1n) is 10.8. The van der Waals surface area contributed by atoms with Crippen LogP contribution in [0.3, 0.4) is 0 Å². The number of likely N-dealkylation sites (N-methyl/N-ethyl adjacent to an activating group) is 1. The molecule has 1 N–H and O–H groups in total. The number of anilines is 2. The summed E-state index contributed by atoms with van der Waals surface area (Å²) in [7, 11) is 3.37. The minimum atomic E-state index is -0.159. The topological polar surface area (TPSA) is 71.1 Å². The fourth-order valence-corrected chi connectivity index (χ4v) is 4.55. The fraction of sp³-hybridized carbons (Fsp3) is 0.280. The van der Waals surface area contributed by atoms with Crippen molar-refractivity contribution in [2.45, 2.75) is 0 Å². The normalized spacial score (nSPS) is 13.5. The van der Waals surface area contributed by atoms with Gasteiger partial charge < -0.3 is 24.6 Å². The third-order valence-corrected chi connectivity index (χ3v) is 6.49. The third-order valence-electron chi connectivity index (χ3n) is 5.29. The van der Waals surface area contributed by atoms with Crippen LogP contribution in [0.15, 0.2) is 60.7 Å². The van der Waals surface area contributed by atoms with E-state index < -0.39 is 0 Å². The van der Waals surface area contributed by atoms with Crippen molar-refractivity contribution in [3.8, 4) is 16.9 Å². The van der Waals surface area contributed by atoms with Crippen molar-refractivity contribution in [2.24, 2.45) is 0 Å². The first kappa shape index (κ1) is 22.8. The standard InChI is InChI=1S/C25H27N3O4S/c1-27(2)23(29)17-32-20-10-8-19(9-11-20)26-24(30)22-16-21(18-6-4-3-5-7-18)25(33-22)28-12-14-31-15-13-28/h3-11,16H,12-15,17H2,1-2H3,(H,26,30). The molecule has 0 spiro atoms. The number of morpholine rings is 1. The summed E-state index contributed by atoms with van der Waals surface area (Å²) >= 11 is 1.50. The molecule has 0 radical (unpaired) electrons. The summed E-state index contributed by atoms with van der Waals surface area (Å²) in [5.41, 5.74) is 2.80. The number of hydrogen-bond donors (Lipinski definition) is 1. The number of ether oxygens (including phenoxy) is 2. The largest absolute Gasteiger partial charge is 0.484 e. The monoisotopic (exact) mass is 465 g/mol. The molecular formula is C25H27N3O4S. The van der Waals surface area contributed by atoms with Crippen molar-refractivity contribution >= 4 is 33.8 Å². The van der Waals surface area contributed by atoms with Crippen molar-refractivity contribution in [3.05, 3.63) is 65.5 Å². The van der Waals surface area contributed by atoms with Crippen LogP contribution in [0.2, 0.25) is 0 Å². The molecule has 33 heavy (non-hydrogen) atoms. The van der Waals surface area contributed by atoms with Gasteiger partial charge in [0.2, 0.25) is 0 Å². The Morgan fingerprint density at radius 2 is 1.76 bits per heavy atom. The Bertz CT molecular complexity index is 1090. The lowest BCUT2D eigenvalue weighted by Gasteiger charge is -2.28. The summed E-state index contributed by atoms with van der Waals surface area (Å²) in [6, 6.07) is 19.1. The lowest BCUT2D eigenvalue weighted by molar-refractivity contribution is -0.130. The number of carbonyl (C=O) groups excluding carboxylic acids is 2. The molecule has 1 aromatic heterocycles. The molecular weight excluding hydrogens is 438 g/mol. The number of nitrogens with zero attached hydrogens (tertiary/aromatic N) is 2. The Morgan fingerprint density at radius 3 is 2.42 bits per heavy atom. The molecule has 2 aromatic carbocycles. The molecule has 0 atom stereocenters. The number of thiophene rings is 1. The van der Waals surface area contributed by atoms with Gasteiger partial charge in [0, 0.05) is 38.4 Å². The van der Waals surface area contributed by atoms with Crippen LogP contribution < -0.4 is 15.0 Å². The second kappa shape index (κ2) is 10.5. The van der Waals surface area contributed by atoms with Gasteiger partial charge in [-0.15, -0.1) is 11.3 Å². The minimum absolute atomic E-state index is 0.0273. The highest BCUT2D eigenvalue weighted by atomic mass is 32.1. The van der Waals surface area contributed by atoms with Gasteiger partial charge in [-0.05, 0) is 35.9 Å². The number of benzene rings is 2. The first-order chi connectivity index (χ1) is 16.0. The molecule has 0 bridgehead atoms. The molecule has 2 heterocycles. The third kappa shape index (κ3) is 5.71. The number of nitrogens with one attached hydrogen (secondary N) is 1. The van der Waals surface area contributed by atoms with Crippen LogP contribution in [0.25, 0.3) is 11.1 Å². The summed E-state index contributed by atoms with van der Waals surface area (Å²) in [5, 5.41) is 4.05. The van der Waals surface area contributed by atoms with Crippen LogP contribution in [-0.4, -0.2) is 63.7 Å². The molecule has 0 unspecified atom stereocenters. The van der Waals surface area contributed by atoms with Gasteiger partial charge >= 0.3 is 0 Å². The second-order valence-corrected chi connectivity index (χ2v) is 8.88. The molecule has 0 aliphatic carbocycles. The van der Waals surface area contributed by atoms with Gasteiger partial charge in [-0.1, -0.05) is 30.3 Å². The van der Waals surface area contributed by atoms with E-state index in [1.54, 1.807) is 38.4 Å². The lowest BCUT2D eigenvalue weighted by atomic mass is 10.1. The second-order valence-electron chi connectivity index (χ2n) is 7.85. The molecule has 7 nitrogen and oxygen atoms in total. The van der Waals surface area contributed by atoms with E-state index in [1.807, 2.05) is 24.3 Å². The molecule has 2 amide bonds. The van der Waals surface area contributed by atoms with E-state index >= 15 is 0 Å². The molecule has 1 fully saturated rings. The Morgan fingerprint density at radius 1 is 1.06 bits per heavy atom. The zero-order chi connectivity index (χ0) is 23.2. The Balaban J connectivity index is 1.49. The van der Waals surface area contributed by atoms with Crippen LogP contribution in [0, 0.1) is 0 Å². The number of rotatable bonds is 7. The SMILES string of the molecule is CN(C)C(=O)COc1ccc(NC(=O)c2cc(-c3ccccc3)c(N3CCOCC3)s2)cc1. The van der Waals surface area contributed by atoms with Crippen LogP contribution in [0.5, 0.6) is 5.75 Å². The van der Waals surface area contributed by atoms with Crippen LogP contribution in [0.1, 0.15) is 9.67 Å². The number of hydrogen-bond acceptors (Lipinski definition) is 6. The number of carbonyl (C=O) groups is 2. The van der Waals surface area contributed by atoms with Gasteiger partial charge in [0.15, 0.2) is 6.61 Å². The van der Waals surface area contributed by atoms with E-state index in [0.29, 0.717) is 29.5 Å². The van der Waals surface area contributed by atoms with Gasteiger partial charge in [0.1, 0.15) is 5.75 Å². The Kier molecular flexibility index (Phi) is 7.26. The molecule has 1 aliphatic heterocycles. The van der Waals surface area contributed by atoms with E-state index in [1.165, 1.54) is 16.2 Å². The average molecular weight is 466 g/mol. The van der Waals surface area contributed by atoms with E-state index in [2.05, 4.69) is 22.3 Å². The molecule has 1 aliphatic rings. The summed E-state index contributed by atoms with van der Waals surface area (Å²) < 4.78 is 11.0. The van der Waals surface area contributed by atoms with Crippen molar-refractivity contribution in [3.63, 3.8) is 0 Å². The van der Waals surface area contributed by atoms with E-state index in [9.17, 15) is 9.59 Å². The van der Waals surface area contributed by atoms with Crippen molar-refractivity contribution < 1.29 is 19.1 Å².